The Hall–Kier alpha value is -3.65. The third-order valence-electron chi connectivity index (χ3n) is 3.68. The minimum atomic E-state index is -0.323. The van der Waals surface area contributed by atoms with Crippen molar-refractivity contribution in [3.8, 4) is 17.6 Å². The van der Waals surface area contributed by atoms with Crippen molar-refractivity contribution < 1.29 is 13.9 Å². The van der Waals surface area contributed by atoms with Crippen LogP contribution in [0.3, 0.4) is 0 Å². The molecule has 0 aliphatic heterocycles. The van der Waals surface area contributed by atoms with Gasteiger partial charge in [0.2, 0.25) is 0 Å². The Morgan fingerprint density at radius 3 is 2.42 bits per heavy atom. The highest BCUT2D eigenvalue weighted by atomic mass is 19.1. The van der Waals surface area contributed by atoms with Crippen molar-refractivity contribution >= 4 is 5.91 Å². The molecule has 0 radical (unpaired) electrons. The van der Waals surface area contributed by atoms with E-state index in [1.54, 1.807) is 42.5 Å². The van der Waals surface area contributed by atoms with Crippen molar-refractivity contribution in [1.29, 1.82) is 5.26 Å². The first-order valence-electron chi connectivity index (χ1n) is 7.95. The fraction of sp³-hybridized carbons (Fsp3) is 0.0476. The molecule has 1 amide bonds. The maximum Gasteiger partial charge on any atom is 0.251 e. The molecule has 3 aromatic carbocycles. The molecule has 0 spiro atoms. The van der Waals surface area contributed by atoms with Gasteiger partial charge >= 0.3 is 0 Å². The van der Waals surface area contributed by atoms with Gasteiger partial charge < -0.3 is 10.1 Å². The minimum Gasteiger partial charge on any atom is -0.457 e. The molecule has 0 saturated heterocycles. The Labute approximate surface area is 150 Å². The molecule has 3 rings (SSSR count). The topological polar surface area (TPSA) is 62.1 Å². The molecular formula is C21H15FN2O2. The first-order chi connectivity index (χ1) is 12.6. The number of nitrogens with one attached hydrogen (secondary N) is 1. The summed E-state index contributed by atoms with van der Waals surface area (Å²) in [6.07, 6.45) is 0. The fourth-order valence-corrected chi connectivity index (χ4v) is 2.34. The van der Waals surface area contributed by atoms with Gasteiger partial charge in [0, 0.05) is 12.1 Å². The quantitative estimate of drug-likeness (QED) is 0.744. The molecule has 0 heterocycles. The predicted molar refractivity (Wildman–Crippen MR) is 95.2 cm³/mol. The number of hydrogen-bond acceptors (Lipinski definition) is 3. The number of halogens is 1. The molecule has 0 aromatic heterocycles. The lowest BCUT2D eigenvalue weighted by molar-refractivity contribution is 0.0951. The van der Waals surface area contributed by atoms with E-state index in [0.717, 1.165) is 5.56 Å². The smallest absolute Gasteiger partial charge is 0.251 e. The van der Waals surface area contributed by atoms with E-state index in [4.69, 9.17) is 10.00 Å². The number of carbonyl (C=O) groups excluding carboxylic acids is 1. The molecule has 0 bridgehead atoms. The number of rotatable bonds is 5. The van der Waals surface area contributed by atoms with Crippen LogP contribution in [0.15, 0.2) is 72.8 Å². The van der Waals surface area contributed by atoms with Crippen LogP contribution < -0.4 is 10.1 Å². The molecule has 1 N–H and O–H groups in total. The molecule has 0 aliphatic carbocycles. The SMILES string of the molecule is N#Cc1ccc(C(=O)NCc2cccc(Oc3ccc(F)cc3)c2)cc1. The fourth-order valence-electron chi connectivity index (χ4n) is 2.34. The zero-order valence-electron chi connectivity index (χ0n) is 13.8. The van der Waals surface area contributed by atoms with Crippen LogP contribution in [0.2, 0.25) is 0 Å². The zero-order valence-corrected chi connectivity index (χ0v) is 13.8. The van der Waals surface area contributed by atoms with Crippen molar-refractivity contribution in [3.63, 3.8) is 0 Å². The molecular weight excluding hydrogens is 331 g/mol. The molecule has 3 aromatic rings. The summed E-state index contributed by atoms with van der Waals surface area (Å²) in [5.74, 6) is 0.586. The van der Waals surface area contributed by atoms with Crippen LogP contribution in [0.1, 0.15) is 21.5 Å². The maximum atomic E-state index is 12.9. The Morgan fingerprint density at radius 1 is 1.00 bits per heavy atom. The van der Waals surface area contributed by atoms with Gasteiger partial charge in [-0.2, -0.15) is 5.26 Å². The number of carbonyl (C=O) groups is 1. The number of amides is 1. The third-order valence-corrected chi connectivity index (χ3v) is 3.68. The molecule has 0 unspecified atom stereocenters. The van der Waals surface area contributed by atoms with Crippen molar-refractivity contribution in [3.05, 3.63) is 95.3 Å². The average molecular weight is 346 g/mol. The van der Waals surface area contributed by atoms with E-state index < -0.39 is 0 Å². The van der Waals surface area contributed by atoms with Crippen LogP contribution in [0.5, 0.6) is 11.5 Å². The molecule has 0 fully saturated rings. The van der Waals surface area contributed by atoms with E-state index in [1.807, 2.05) is 24.3 Å². The Morgan fingerprint density at radius 2 is 1.73 bits per heavy atom. The highest BCUT2D eigenvalue weighted by Gasteiger charge is 2.06. The van der Waals surface area contributed by atoms with Gasteiger partial charge in [0.15, 0.2) is 0 Å². The van der Waals surface area contributed by atoms with E-state index in [9.17, 15) is 9.18 Å². The number of nitrogens with zero attached hydrogens (tertiary/aromatic N) is 1. The van der Waals surface area contributed by atoms with Gasteiger partial charge in [-0.1, -0.05) is 12.1 Å². The van der Waals surface area contributed by atoms with Crippen molar-refractivity contribution in [1.82, 2.24) is 5.32 Å². The highest BCUT2D eigenvalue weighted by Crippen LogP contribution is 2.22. The summed E-state index contributed by atoms with van der Waals surface area (Å²) in [6.45, 7) is 0.333. The number of nitriles is 1. The molecule has 0 atom stereocenters. The zero-order chi connectivity index (χ0) is 18.4. The van der Waals surface area contributed by atoms with Gasteiger partial charge in [0.25, 0.3) is 5.91 Å². The maximum absolute atomic E-state index is 12.9. The van der Waals surface area contributed by atoms with Crippen molar-refractivity contribution in [2.45, 2.75) is 6.54 Å². The lowest BCUT2D eigenvalue weighted by atomic mass is 10.1. The van der Waals surface area contributed by atoms with Crippen LogP contribution in [-0.4, -0.2) is 5.91 Å². The third kappa shape index (κ3) is 4.46. The number of ether oxygens (including phenoxy) is 1. The summed E-state index contributed by atoms with van der Waals surface area (Å²) in [6, 6.07) is 21.5. The first kappa shape index (κ1) is 17.2. The summed E-state index contributed by atoms with van der Waals surface area (Å²) >= 11 is 0. The normalized spacial score (nSPS) is 10.0. The van der Waals surface area contributed by atoms with Gasteiger partial charge in [-0.25, -0.2) is 4.39 Å². The van der Waals surface area contributed by atoms with E-state index >= 15 is 0 Å². The minimum absolute atomic E-state index is 0.223. The summed E-state index contributed by atoms with van der Waals surface area (Å²) in [4.78, 5) is 12.2. The molecule has 0 aliphatic rings. The Balaban J connectivity index is 1.62. The van der Waals surface area contributed by atoms with Crippen LogP contribution >= 0.6 is 0 Å². The average Bonchev–Trinajstić information content (AvgIpc) is 2.68. The van der Waals surface area contributed by atoms with Crippen molar-refractivity contribution in [2.75, 3.05) is 0 Å². The molecule has 0 saturated carbocycles. The van der Waals surface area contributed by atoms with Crippen LogP contribution in [-0.2, 0) is 6.54 Å². The molecule has 5 heteroatoms. The lowest BCUT2D eigenvalue weighted by Gasteiger charge is -2.09. The van der Waals surface area contributed by atoms with Crippen LogP contribution in [0.25, 0.3) is 0 Å². The summed E-state index contributed by atoms with van der Waals surface area (Å²) in [5.41, 5.74) is 1.86. The summed E-state index contributed by atoms with van der Waals surface area (Å²) < 4.78 is 18.6. The van der Waals surface area contributed by atoms with Gasteiger partial charge in [-0.05, 0) is 66.2 Å². The highest BCUT2D eigenvalue weighted by molar-refractivity contribution is 5.94. The predicted octanol–water partition coefficient (Wildman–Crippen LogP) is 4.42. The van der Waals surface area contributed by atoms with E-state index in [-0.39, 0.29) is 11.7 Å². The standard InChI is InChI=1S/C21H15FN2O2/c22-18-8-10-19(11-9-18)26-20-3-1-2-16(12-20)14-24-21(25)17-6-4-15(13-23)5-7-17/h1-12H,14H2,(H,24,25). The Bertz CT molecular complexity index is 945. The number of benzene rings is 3. The van der Waals surface area contributed by atoms with Gasteiger partial charge in [-0.15, -0.1) is 0 Å². The van der Waals surface area contributed by atoms with Crippen LogP contribution in [0.4, 0.5) is 4.39 Å². The van der Waals surface area contributed by atoms with E-state index in [2.05, 4.69) is 5.32 Å². The monoisotopic (exact) mass is 346 g/mol. The lowest BCUT2D eigenvalue weighted by Crippen LogP contribution is -2.22. The Kier molecular flexibility index (Phi) is 5.25. The van der Waals surface area contributed by atoms with Gasteiger partial charge in [0.1, 0.15) is 17.3 Å². The largest absolute Gasteiger partial charge is 0.457 e. The molecule has 4 nitrogen and oxygen atoms in total. The van der Waals surface area contributed by atoms with Gasteiger partial charge in [-0.3, -0.25) is 4.79 Å². The van der Waals surface area contributed by atoms with Crippen LogP contribution in [0, 0.1) is 17.1 Å². The second-order valence-corrected chi connectivity index (χ2v) is 5.58. The molecule has 26 heavy (non-hydrogen) atoms. The second kappa shape index (κ2) is 7.95. The van der Waals surface area contributed by atoms with Gasteiger partial charge in [0.05, 0.1) is 11.6 Å². The second-order valence-electron chi connectivity index (χ2n) is 5.58. The van der Waals surface area contributed by atoms with E-state index in [0.29, 0.717) is 29.2 Å². The molecule has 128 valence electrons. The summed E-state index contributed by atoms with van der Waals surface area (Å²) in [7, 11) is 0. The first-order valence-corrected chi connectivity index (χ1v) is 7.95. The van der Waals surface area contributed by atoms with E-state index in [1.165, 1.54) is 12.1 Å². The summed E-state index contributed by atoms with van der Waals surface area (Å²) in [5, 5.41) is 11.6. The number of hydrogen-bond donors (Lipinski definition) is 1. The van der Waals surface area contributed by atoms with Crippen molar-refractivity contribution in [2.24, 2.45) is 0 Å².